The highest BCUT2D eigenvalue weighted by atomic mass is 16.5. The van der Waals surface area contributed by atoms with E-state index in [1.54, 1.807) is 4.90 Å². The molecule has 5 heteroatoms. The summed E-state index contributed by atoms with van der Waals surface area (Å²) in [4.78, 5) is 14.0. The highest BCUT2D eigenvalue weighted by Crippen LogP contribution is 2.30. The van der Waals surface area contributed by atoms with E-state index in [0.29, 0.717) is 25.6 Å². The van der Waals surface area contributed by atoms with E-state index in [9.17, 15) is 9.90 Å². The molecule has 1 saturated carbocycles. The minimum absolute atomic E-state index is 0.118. The fourth-order valence-corrected chi connectivity index (χ4v) is 2.80. The molecule has 1 aliphatic carbocycles. The van der Waals surface area contributed by atoms with Gasteiger partial charge in [0.1, 0.15) is 5.75 Å². The van der Waals surface area contributed by atoms with Gasteiger partial charge < -0.3 is 20.1 Å². The first-order valence-electron chi connectivity index (χ1n) is 8.55. The third-order valence-corrected chi connectivity index (χ3v) is 4.78. The van der Waals surface area contributed by atoms with Crippen molar-refractivity contribution in [2.24, 2.45) is 11.8 Å². The van der Waals surface area contributed by atoms with Crippen molar-refractivity contribution in [2.75, 3.05) is 19.7 Å². The molecule has 1 saturated heterocycles. The number of urea groups is 1. The third kappa shape index (κ3) is 4.38. The van der Waals surface area contributed by atoms with Gasteiger partial charge in [-0.1, -0.05) is 25.1 Å². The monoisotopic (exact) mass is 318 g/mol. The molecule has 2 atom stereocenters. The van der Waals surface area contributed by atoms with Crippen LogP contribution in [0, 0.1) is 11.8 Å². The first-order valence-corrected chi connectivity index (χ1v) is 8.55. The maximum atomic E-state index is 12.3. The maximum Gasteiger partial charge on any atom is 0.317 e. The second kappa shape index (κ2) is 7.21. The van der Waals surface area contributed by atoms with Gasteiger partial charge in [0.2, 0.25) is 0 Å². The molecule has 0 aromatic heterocycles. The molecule has 2 N–H and O–H groups in total. The molecule has 1 aliphatic heterocycles. The minimum Gasteiger partial charge on any atom is -0.493 e. The Labute approximate surface area is 137 Å². The van der Waals surface area contributed by atoms with E-state index in [1.807, 2.05) is 31.2 Å². The van der Waals surface area contributed by atoms with Crippen LogP contribution in [0.4, 0.5) is 4.79 Å². The van der Waals surface area contributed by atoms with Gasteiger partial charge in [-0.25, -0.2) is 4.79 Å². The lowest BCUT2D eigenvalue weighted by molar-refractivity contribution is 0.0435. The molecule has 2 amide bonds. The van der Waals surface area contributed by atoms with Crippen LogP contribution in [-0.2, 0) is 6.54 Å². The minimum atomic E-state index is -0.427. The van der Waals surface area contributed by atoms with E-state index >= 15 is 0 Å². The van der Waals surface area contributed by atoms with Crippen LogP contribution >= 0.6 is 0 Å². The first-order chi connectivity index (χ1) is 11.1. The second-order valence-corrected chi connectivity index (χ2v) is 6.80. The van der Waals surface area contributed by atoms with Gasteiger partial charge in [-0.15, -0.1) is 0 Å². The summed E-state index contributed by atoms with van der Waals surface area (Å²) in [5.41, 5.74) is 0.993. The summed E-state index contributed by atoms with van der Waals surface area (Å²) in [6.07, 6.45) is 2.93. The fraction of sp³-hybridized carbons (Fsp3) is 0.611. The highest BCUT2D eigenvalue weighted by molar-refractivity contribution is 5.74. The Hall–Kier alpha value is -1.75. The standard InChI is InChI=1S/C18H26N2O3/c1-13-8-9-20(11-16(13)21)18(22)19-10-15-4-2-3-5-17(15)23-12-14-6-7-14/h2-5,13-14,16,21H,6-12H2,1H3,(H,19,22). The van der Waals surface area contributed by atoms with Gasteiger partial charge in [0.05, 0.1) is 12.7 Å². The zero-order valence-electron chi connectivity index (χ0n) is 13.7. The summed E-state index contributed by atoms with van der Waals surface area (Å²) >= 11 is 0. The lowest BCUT2D eigenvalue weighted by Gasteiger charge is -2.34. The zero-order valence-corrected chi connectivity index (χ0v) is 13.7. The number of carbonyl (C=O) groups is 1. The van der Waals surface area contributed by atoms with Crippen molar-refractivity contribution in [2.45, 2.75) is 38.8 Å². The fourth-order valence-electron chi connectivity index (χ4n) is 2.80. The normalized spacial score (nSPS) is 24.3. The molecule has 1 aromatic rings. The maximum absolute atomic E-state index is 12.3. The zero-order chi connectivity index (χ0) is 16.2. The number of nitrogens with one attached hydrogen (secondary N) is 1. The molecule has 1 aromatic carbocycles. The molecule has 0 spiro atoms. The largest absolute Gasteiger partial charge is 0.493 e. The smallest absolute Gasteiger partial charge is 0.317 e. The van der Waals surface area contributed by atoms with E-state index in [2.05, 4.69) is 5.32 Å². The van der Waals surface area contributed by atoms with Gasteiger partial charge in [-0.3, -0.25) is 0 Å². The topological polar surface area (TPSA) is 61.8 Å². The number of likely N-dealkylation sites (tertiary alicyclic amines) is 1. The predicted molar refractivity (Wildman–Crippen MR) is 88.3 cm³/mol. The van der Waals surface area contributed by atoms with Crippen LogP contribution in [0.1, 0.15) is 31.7 Å². The number of benzene rings is 1. The van der Waals surface area contributed by atoms with E-state index in [4.69, 9.17) is 4.74 Å². The summed E-state index contributed by atoms with van der Waals surface area (Å²) in [5, 5.41) is 12.9. The number of rotatable bonds is 5. The van der Waals surface area contributed by atoms with Crippen molar-refractivity contribution in [1.29, 1.82) is 0 Å². The van der Waals surface area contributed by atoms with Crippen molar-refractivity contribution in [3.05, 3.63) is 29.8 Å². The van der Waals surface area contributed by atoms with E-state index in [0.717, 1.165) is 24.3 Å². The number of para-hydroxylation sites is 1. The summed E-state index contributed by atoms with van der Waals surface area (Å²) in [7, 11) is 0. The van der Waals surface area contributed by atoms with Gasteiger partial charge in [0, 0.05) is 25.2 Å². The summed E-state index contributed by atoms with van der Waals surface area (Å²) in [5.74, 6) is 1.82. The number of ether oxygens (including phenoxy) is 1. The van der Waals surface area contributed by atoms with Crippen molar-refractivity contribution in [3.63, 3.8) is 0 Å². The van der Waals surface area contributed by atoms with Crippen LogP contribution in [-0.4, -0.2) is 41.8 Å². The summed E-state index contributed by atoms with van der Waals surface area (Å²) < 4.78 is 5.87. The Balaban J connectivity index is 1.52. The number of β-amino-alcohol motifs (C(OH)–C–C–N with tert-alkyl or cyclic N) is 1. The molecule has 2 unspecified atom stereocenters. The summed E-state index contributed by atoms with van der Waals surface area (Å²) in [6.45, 7) is 4.34. The SMILES string of the molecule is CC1CCN(C(=O)NCc2ccccc2OCC2CC2)CC1O. The Morgan fingerprint density at radius 2 is 2.13 bits per heavy atom. The van der Waals surface area contributed by atoms with E-state index in [1.165, 1.54) is 12.8 Å². The molecule has 2 fully saturated rings. The van der Waals surface area contributed by atoms with Gasteiger partial charge in [0.15, 0.2) is 0 Å². The molecular formula is C18H26N2O3. The Kier molecular flexibility index (Phi) is 5.06. The molecule has 126 valence electrons. The number of amides is 2. The van der Waals surface area contributed by atoms with Crippen LogP contribution in [0.5, 0.6) is 5.75 Å². The number of hydrogen-bond acceptors (Lipinski definition) is 3. The Morgan fingerprint density at radius 1 is 1.35 bits per heavy atom. The van der Waals surface area contributed by atoms with Crippen molar-refractivity contribution >= 4 is 6.03 Å². The first kappa shape index (κ1) is 16.1. The third-order valence-electron chi connectivity index (χ3n) is 4.78. The van der Waals surface area contributed by atoms with E-state index in [-0.39, 0.29) is 11.9 Å². The van der Waals surface area contributed by atoms with Gasteiger partial charge in [-0.2, -0.15) is 0 Å². The molecule has 1 heterocycles. The van der Waals surface area contributed by atoms with Gasteiger partial charge in [0.25, 0.3) is 0 Å². The lowest BCUT2D eigenvalue weighted by Crippen LogP contribution is -2.49. The summed E-state index contributed by atoms with van der Waals surface area (Å²) in [6, 6.07) is 7.73. The molecule has 3 rings (SSSR count). The quantitative estimate of drug-likeness (QED) is 0.876. The highest BCUT2D eigenvalue weighted by Gasteiger charge is 2.27. The van der Waals surface area contributed by atoms with Crippen LogP contribution in [0.2, 0.25) is 0 Å². The number of nitrogens with zero attached hydrogens (tertiary/aromatic N) is 1. The van der Waals surface area contributed by atoms with Gasteiger partial charge >= 0.3 is 6.03 Å². The number of hydrogen-bond donors (Lipinski definition) is 2. The molecule has 23 heavy (non-hydrogen) atoms. The second-order valence-electron chi connectivity index (χ2n) is 6.80. The molecule has 0 bridgehead atoms. The number of aliphatic hydroxyl groups is 1. The van der Waals surface area contributed by atoms with Crippen molar-refractivity contribution in [1.82, 2.24) is 10.2 Å². The molecule has 2 aliphatic rings. The predicted octanol–water partition coefficient (Wildman–Crippen LogP) is 2.39. The van der Waals surface area contributed by atoms with Crippen LogP contribution in [0.25, 0.3) is 0 Å². The molecule has 5 nitrogen and oxygen atoms in total. The number of carbonyl (C=O) groups excluding carboxylic acids is 1. The number of piperidine rings is 1. The van der Waals surface area contributed by atoms with Crippen LogP contribution < -0.4 is 10.1 Å². The molecule has 0 radical (unpaired) electrons. The van der Waals surface area contributed by atoms with E-state index < -0.39 is 6.10 Å². The number of aliphatic hydroxyl groups excluding tert-OH is 1. The van der Waals surface area contributed by atoms with Crippen LogP contribution in [0.3, 0.4) is 0 Å². The van der Waals surface area contributed by atoms with Crippen LogP contribution in [0.15, 0.2) is 24.3 Å². The van der Waals surface area contributed by atoms with Gasteiger partial charge in [-0.05, 0) is 37.2 Å². The molecular weight excluding hydrogens is 292 g/mol. The Bertz CT molecular complexity index is 545. The average Bonchev–Trinajstić information content (AvgIpc) is 3.38. The average molecular weight is 318 g/mol. The Morgan fingerprint density at radius 3 is 2.87 bits per heavy atom. The van der Waals surface area contributed by atoms with Crippen molar-refractivity contribution in [3.8, 4) is 5.75 Å². The van der Waals surface area contributed by atoms with Crippen molar-refractivity contribution < 1.29 is 14.6 Å². The lowest BCUT2D eigenvalue weighted by atomic mass is 9.96.